The Bertz CT molecular complexity index is 1680. The molecule has 3 unspecified atom stereocenters. The van der Waals surface area contributed by atoms with Crippen LogP contribution in [0.3, 0.4) is 0 Å². The zero-order valence-corrected chi connectivity index (χ0v) is 34.7. The van der Waals surface area contributed by atoms with Gasteiger partial charge in [0.25, 0.3) is 0 Å². The predicted molar refractivity (Wildman–Crippen MR) is 221 cm³/mol. The summed E-state index contributed by atoms with van der Waals surface area (Å²) >= 11 is 0. The molecule has 0 saturated heterocycles. The molecule has 1 rings (SSSR count). The van der Waals surface area contributed by atoms with Gasteiger partial charge in [0.2, 0.25) is 47.3 Å². The van der Waals surface area contributed by atoms with Crippen molar-refractivity contribution in [3.05, 3.63) is 35.9 Å². The summed E-state index contributed by atoms with van der Waals surface area (Å²) in [6.45, 7) is 0.914. The van der Waals surface area contributed by atoms with Gasteiger partial charge in [-0.15, -0.1) is 0 Å². The Hall–Kier alpha value is -6.65. The van der Waals surface area contributed by atoms with E-state index < -0.39 is 103 Å². The number of nitrogens with one attached hydrogen (secondary N) is 9. The van der Waals surface area contributed by atoms with E-state index >= 15 is 0 Å². The molecule has 0 aliphatic carbocycles. The molecule has 0 spiro atoms. The molecule has 1 aromatic carbocycles. The number of primary amides is 1. The number of carbonyl (C=O) groups is 10. The summed E-state index contributed by atoms with van der Waals surface area (Å²) in [5, 5.41) is 32.1. The number of aliphatic carboxylic acids is 1. The third-order valence-corrected chi connectivity index (χ3v) is 8.71. The molecule has 0 saturated carbocycles. The number of carboxylic acid groups (broad SMARTS) is 1. The zero-order chi connectivity index (χ0) is 45.7. The van der Waals surface area contributed by atoms with Crippen LogP contribution in [0.25, 0.3) is 0 Å². The van der Waals surface area contributed by atoms with Gasteiger partial charge in [0.1, 0.15) is 30.5 Å². The Kier molecular flexibility index (Phi) is 25.4. The van der Waals surface area contributed by atoms with Gasteiger partial charge in [0, 0.05) is 39.9 Å². The highest BCUT2D eigenvalue weighted by molar-refractivity contribution is 5.97. The van der Waals surface area contributed by atoms with Crippen molar-refractivity contribution < 1.29 is 53.1 Å². The Labute approximate surface area is 353 Å². The second-order valence-electron chi connectivity index (χ2n) is 13.8. The normalized spacial score (nSPS) is 13.4. The lowest BCUT2D eigenvalue weighted by Gasteiger charge is -2.26. The molecule has 338 valence electrons. The molecule has 0 aliphatic heterocycles. The summed E-state index contributed by atoms with van der Waals surface area (Å²) in [4.78, 5) is 129. The number of amides is 8. The lowest BCUT2D eigenvalue weighted by atomic mass is 10.0. The predicted octanol–water partition coefficient (Wildman–Crippen LogP) is -4.45. The lowest BCUT2D eigenvalue weighted by Crippen LogP contribution is -2.58. The zero-order valence-electron chi connectivity index (χ0n) is 34.7. The number of nitrogens with two attached hydrogens (primary N) is 2. The fraction of sp³-hybridized carbons (Fsp3) is 0.553. The van der Waals surface area contributed by atoms with Crippen LogP contribution >= 0.6 is 0 Å². The minimum absolute atomic E-state index is 0.0302. The van der Waals surface area contributed by atoms with Crippen molar-refractivity contribution in [3.63, 3.8) is 0 Å². The highest BCUT2D eigenvalue weighted by Crippen LogP contribution is 2.08. The Balaban J connectivity index is 3.19. The molecule has 0 aliphatic rings. The van der Waals surface area contributed by atoms with Gasteiger partial charge in [0.15, 0.2) is 5.96 Å². The minimum Gasteiger partial charge on any atom is -0.480 e. The first-order valence-electron chi connectivity index (χ1n) is 19.6. The first kappa shape index (κ1) is 52.4. The van der Waals surface area contributed by atoms with E-state index in [9.17, 15) is 53.1 Å². The van der Waals surface area contributed by atoms with Crippen LogP contribution in [-0.2, 0) is 54.4 Å². The van der Waals surface area contributed by atoms with E-state index in [-0.39, 0.29) is 57.6 Å². The van der Waals surface area contributed by atoms with E-state index in [1.807, 2.05) is 0 Å². The number of rotatable bonds is 30. The second kappa shape index (κ2) is 29.5. The summed E-state index contributed by atoms with van der Waals surface area (Å²) in [5.74, 6) is -7.19. The molecular formula is C38H60N12O11. The van der Waals surface area contributed by atoms with Crippen molar-refractivity contribution in [1.29, 1.82) is 0 Å². The Morgan fingerprint density at radius 2 is 1.30 bits per heavy atom. The molecule has 23 heteroatoms. The molecule has 0 fully saturated rings. The number of likely N-dealkylation sites (N-methyl/N-ethyl adjacent to an activating group) is 1. The van der Waals surface area contributed by atoms with Crippen molar-refractivity contribution in [2.24, 2.45) is 16.5 Å². The van der Waals surface area contributed by atoms with E-state index in [0.29, 0.717) is 24.8 Å². The van der Waals surface area contributed by atoms with Gasteiger partial charge in [-0.25, -0.2) is 4.79 Å². The molecular weight excluding hydrogens is 800 g/mol. The molecule has 1 aromatic rings. The fourth-order valence-electron chi connectivity index (χ4n) is 5.52. The van der Waals surface area contributed by atoms with Crippen molar-refractivity contribution >= 4 is 65.5 Å². The summed E-state index contributed by atoms with van der Waals surface area (Å²) < 4.78 is 0. The quantitative estimate of drug-likeness (QED) is 0.0150. The first-order chi connectivity index (χ1) is 29.0. The third kappa shape index (κ3) is 23.5. The van der Waals surface area contributed by atoms with Gasteiger partial charge in [0.05, 0.1) is 25.6 Å². The number of carboxylic acids is 1. The summed E-state index contributed by atoms with van der Waals surface area (Å²) in [7, 11) is 3.03. The van der Waals surface area contributed by atoms with Crippen LogP contribution in [0.2, 0.25) is 0 Å². The SMILES string of the molecule is CN=C(N)NCCC[C@@H](C=O)NC(=O)C(Cc1ccccc1)NC(=O)[C@H](CCC(N)=O)NC(=O)C(CC(=O)NCCCCC(NC(=O)CNC)C(=O)O)NC(=O)CNC(C)=O. The standard InChI is InChI=1S/C38H60N12O11/c1-23(52)45-21-33(56)48-29(19-31(54)43-16-8-7-13-27(37(60)61)47-32(55)20-41-2)36(59)49-26(14-15-30(39)53)34(57)50-28(18-24-10-5-4-6-11-24)35(58)46-25(22-51)12-9-17-44-38(40)42-3/h4-6,10-11,22,25-29,41H,7-9,12-21H2,1-3H3,(H2,39,53)(H,43,54)(H,45,52)(H,46,58)(H,47,55)(H,48,56)(H,49,59)(H,50,57)(H,60,61)(H3,40,42,44)/t25-,26-,27?,28?,29?/m0/s1. The Morgan fingerprint density at radius 1 is 0.689 bits per heavy atom. The van der Waals surface area contributed by atoms with Crippen LogP contribution in [0.15, 0.2) is 35.3 Å². The van der Waals surface area contributed by atoms with E-state index in [1.54, 1.807) is 30.3 Å². The van der Waals surface area contributed by atoms with Crippen molar-refractivity contribution in [1.82, 2.24) is 47.9 Å². The van der Waals surface area contributed by atoms with Crippen LogP contribution in [0.1, 0.15) is 63.9 Å². The molecule has 8 amide bonds. The molecule has 0 aromatic heterocycles. The third-order valence-electron chi connectivity index (χ3n) is 8.71. The maximum atomic E-state index is 13.8. The van der Waals surface area contributed by atoms with E-state index in [0.717, 1.165) is 6.92 Å². The molecule has 14 N–H and O–H groups in total. The van der Waals surface area contributed by atoms with E-state index in [1.165, 1.54) is 14.1 Å². The van der Waals surface area contributed by atoms with Gasteiger partial charge in [-0.3, -0.25) is 43.3 Å². The first-order valence-corrected chi connectivity index (χ1v) is 19.6. The monoisotopic (exact) mass is 860 g/mol. The number of hydrogen-bond acceptors (Lipinski definition) is 12. The Morgan fingerprint density at radius 3 is 1.90 bits per heavy atom. The molecule has 23 nitrogen and oxygen atoms in total. The molecule has 0 radical (unpaired) electrons. The number of aliphatic imine (C=N–C) groups is 1. The molecule has 0 bridgehead atoms. The van der Waals surface area contributed by atoms with Crippen LogP contribution in [0.5, 0.6) is 0 Å². The molecule has 5 atom stereocenters. The number of guanidine groups is 1. The lowest BCUT2D eigenvalue weighted by molar-refractivity contribution is -0.142. The van der Waals surface area contributed by atoms with Crippen LogP contribution in [0.4, 0.5) is 0 Å². The van der Waals surface area contributed by atoms with Gasteiger partial charge in [-0.05, 0) is 51.1 Å². The topological polar surface area (TPSA) is 364 Å². The van der Waals surface area contributed by atoms with Gasteiger partial charge in [-0.2, -0.15) is 0 Å². The highest BCUT2D eigenvalue weighted by Gasteiger charge is 2.32. The largest absolute Gasteiger partial charge is 0.480 e. The van der Waals surface area contributed by atoms with E-state index in [2.05, 4.69) is 52.8 Å². The maximum absolute atomic E-state index is 13.8. The summed E-state index contributed by atoms with van der Waals surface area (Å²) in [5.41, 5.74) is 11.6. The van der Waals surface area contributed by atoms with Crippen LogP contribution < -0.4 is 59.3 Å². The average Bonchev–Trinajstić information content (AvgIpc) is 3.21. The second-order valence-corrected chi connectivity index (χ2v) is 13.8. The maximum Gasteiger partial charge on any atom is 0.326 e. The summed E-state index contributed by atoms with van der Waals surface area (Å²) in [6, 6.07) is 2.06. The summed E-state index contributed by atoms with van der Waals surface area (Å²) in [6.07, 6.45) is 0.359. The average molecular weight is 861 g/mol. The molecule has 61 heavy (non-hydrogen) atoms. The van der Waals surface area contributed by atoms with Crippen LogP contribution in [0, 0.1) is 0 Å². The number of nitrogens with zero attached hydrogens (tertiary/aromatic N) is 1. The van der Waals surface area contributed by atoms with Crippen molar-refractivity contribution in [2.75, 3.05) is 40.3 Å². The van der Waals surface area contributed by atoms with E-state index in [4.69, 9.17) is 11.5 Å². The number of hydrogen-bond donors (Lipinski definition) is 12. The highest BCUT2D eigenvalue weighted by atomic mass is 16.4. The van der Waals surface area contributed by atoms with Crippen LogP contribution in [-0.4, -0.2) is 141 Å². The van der Waals surface area contributed by atoms with Crippen molar-refractivity contribution in [3.8, 4) is 0 Å². The van der Waals surface area contributed by atoms with Gasteiger partial charge in [-0.1, -0.05) is 30.3 Å². The fourth-order valence-corrected chi connectivity index (χ4v) is 5.52. The number of unbranched alkanes of at least 4 members (excludes halogenated alkanes) is 1. The number of carbonyl (C=O) groups excluding carboxylic acids is 9. The van der Waals surface area contributed by atoms with Gasteiger partial charge >= 0.3 is 5.97 Å². The number of benzene rings is 1. The minimum atomic E-state index is -1.62. The number of aldehydes is 1. The smallest absolute Gasteiger partial charge is 0.326 e. The molecule has 0 heterocycles. The van der Waals surface area contributed by atoms with Gasteiger partial charge < -0.3 is 69.2 Å². The van der Waals surface area contributed by atoms with Crippen molar-refractivity contribution in [2.45, 2.75) is 94.9 Å².